The van der Waals surface area contributed by atoms with E-state index >= 15 is 0 Å². The summed E-state index contributed by atoms with van der Waals surface area (Å²) in [4.78, 5) is 36.3. The molecule has 0 atom stereocenters. The van der Waals surface area contributed by atoms with E-state index in [1.54, 1.807) is 18.2 Å². The summed E-state index contributed by atoms with van der Waals surface area (Å²) >= 11 is 6.22. The summed E-state index contributed by atoms with van der Waals surface area (Å²) < 4.78 is 15.5. The summed E-state index contributed by atoms with van der Waals surface area (Å²) in [6.07, 6.45) is 1.55. The van der Waals surface area contributed by atoms with Crippen LogP contribution in [0.3, 0.4) is 0 Å². The van der Waals surface area contributed by atoms with E-state index in [1.807, 2.05) is 0 Å². The molecule has 3 N–H and O–H groups in total. The average molecular weight is 491 g/mol. The van der Waals surface area contributed by atoms with E-state index in [0.717, 1.165) is 16.8 Å². The van der Waals surface area contributed by atoms with E-state index in [9.17, 15) is 19.5 Å². The largest absolute Gasteiger partial charge is 0.504 e. The van der Waals surface area contributed by atoms with Crippen molar-refractivity contribution in [3.63, 3.8) is 0 Å². The fraction of sp³-hybridized carbons (Fsp3) is 0.143. The monoisotopic (exact) mass is 490 g/mol. The second-order valence-electron chi connectivity index (χ2n) is 6.44. The normalized spacial score (nSPS) is 14.4. The number of hydrogen-bond acceptors (Lipinski definition) is 9. The maximum absolute atomic E-state index is 12.8. The Hall–Kier alpha value is -3.77. The topological polar surface area (TPSA) is 135 Å². The number of nitrogens with zero attached hydrogens (tertiary/aromatic N) is 1. The summed E-state index contributed by atoms with van der Waals surface area (Å²) in [6, 6.07) is 8.72. The zero-order valence-electron chi connectivity index (χ0n) is 17.4. The molecule has 1 aliphatic rings. The molecule has 0 aromatic heterocycles. The molecular formula is C21H18N2O8S2. The molecule has 0 saturated carbocycles. The lowest BCUT2D eigenvalue weighted by atomic mass is 10.2. The minimum absolute atomic E-state index is 0.109. The van der Waals surface area contributed by atoms with Gasteiger partial charge in [0.05, 0.1) is 19.1 Å². The molecule has 33 heavy (non-hydrogen) atoms. The number of carboxylic acids is 1. The third-order valence-corrected chi connectivity index (χ3v) is 5.59. The molecular weight excluding hydrogens is 472 g/mol. The summed E-state index contributed by atoms with van der Waals surface area (Å²) in [5, 5.41) is 19.4. The van der Waals surface area contributed by atoms with Gasteiger partial charge in [-0.3, -0.25) is 15.0 Å². The van der Waals surface area contributed by atoms with E-state index < -0.39 is 24.4 Å². The molecule has 1 aliphatic heterocycles. The minimum atomic E-state index is -1.13. The highest BCUT2D eigenvalue weighted by molar-refractivity contribution is 8.26. The lowest BCUT2D eigenvalue weighted by Crippen LogP contribution is -2.44. The van der Waals surface area contributed by atoms with Crippen molar-refractivity contribution in [3.8, 4) is 23.0 Å². The first-order chi connectivity index (χ1) is 15.7. The molecule has 3 rings (SSSR count). The van der Waals surface area contributed by atoms with Crippen molar-refractivity contribution in [3.05, 3.63) is 52.4 Å². The molecule has 1 heterocycles. The van der Waals surface area contributed by atoms with Crippen molar-refractivity contribution in [2.75, 3.05) is 20.8 Å². The number of carbonyl (C=O) groups is 3. The maximum atomic E-state index is 12.8. The molecule has 0 unspecified atom stereocenters. The first-order valence-corrected chi connectivity index (χ1v) is 10.4. The zero-order chi connectivity index (χ0) is 24.1. The van der Waals surface area contributed by atoms with Gasteiger partial charge in [0, 0.05) is 5.56 Å². The number of amides is 2. The SMILES string of the molecule is COc1cc(C(=O)NN2C(=O)/C(=C/c3ccc(OCC(=O)O)c(OC)c3)SC2=S)ccc1O. The highest BCUT2D eigenvalue weighted by Crippen LogP contribution is 2.34. The number of carboxylic acid groups (broad SMARTS) is 1. The van der Waals surface area contributed by atoms with Crippen molar-refractivity contribution >= 4 is 52.2 Å². The van der Waals surface area contributed by atoms with Gasteiger partial charge in [-0.25, -0.2) is 4.79 Å². The van der Waals surface area contributed by atoms with Crippen LogP contribution in [0.15, 0.2) is 41.3 Å². The summed E-state index contributed by atoms with van der Waals surface area (Å²) in [5.41, 5.74) is 3.18. The van der Waals surface area contributed by atoms with Crippen LogP contribution in [0.25, 0.3) is 6.08 Å². The number of thiocarbonyl (C=S) groups is 1. The summed E-state index contributed by atoms with van der Waals surface area (Å²) in [5.74, 6) is -1.77. The summed E-state index contributed by atoms with van der Waals surface area (Å²) in [6.45, 7) is -0.527. The molecule has 0 bridgehead atoms. The van der Waals surface area contributed by atoms with Gasteiger partial charge >= 0.3 is 5.97 Å². The van der Waals surface area contributed by atoms with Crippen LogP contribution in [0.1, 0.15) is 15.9 Å². The molecule has 12 heteroatoms. The second kappa shape index (κ2) is 10.2. The smallest absolute Gasteiger partial charge is 0.341 e. The summed E-state index contributed by atoms with van der Waals surface area (Å²) in [7, 11) is 2.75. The Bertz CT molecular complexity index is 1160. The molecule has 2 aromatic carbocycles. The number of hydrogen-bond donors (Lipinski definition) is 3. The van der Waals surface area contributed by atoms with Crippen LogP contribution in [0.2, 0.25) is 0 Å². The number of phenolic OH excluding ortho intramolecular Hbond substituents is 1. The number of aromatic hydroxyl groups is 1. The number of phenols is 1. The van der Waals surface area contributed by atoms with Crippen molar-refractivity contribution in [2.24, 2.45) is 0 Å². The lowest BCUT2D eigenvalue weighted by molar-refractivity contribution is -0.139. The van der Waals surface area contributed by atoms with Gasteiger partial charge in [0.15, 0.2) is 33.9 Å². The highest BCUT2D eigenvalue weighted by Gasteiger charge is 2.34. The Labute approximate surface area is 197 Å². The van der Waals surface area contributed by atoms with Crippen LogP contribution in [-0.4, -0.2) is 58.2 Å². The van der Waals surface area contributed by atoms with Gasteiger partial charge in [0.25, 0.3) is 11.8 Å². The predicted octanol–water partition coefficient (Wildman–Crippen LogP) is 2.42. The van der Waals surface area contributed by atoms with Crippen molar-refractivity contribution in [1.82, 2.24) is 10.4 Å². The van der Waals surface area contributed by atoms with Crippen LogP contribution in [0.5, 0.6) is 23.0 Å². The van der Waals surface area contributed by atoms with Gasteiger partial charge in [-0.05, 0) is 54.2 Å². The van der Waals surface area contributed by atoms with E-state index in [2.05, 4.69) is 5.43 Å². The van der Waals surface area contributed by atoms with Crippen molar-refractivity contribution in [2.45, 2.75) is 0 Å². The molecule has 2 amide bonds. The fourth-order valence-corrected chi connectivity index (χ4v) is 3.91. The van der Waals surface area contributed by atoms with Gasteiger partial charge in [0.1, 0.15) is 0 Å². The third kappa shape index (κ3) is 5.54. The molecule has 172 valence electrons. The van der Waals surface area contributed by atoms with Crippen molar-refractivity contribution in [1.29, 1.82) is 0 Å². The zero-order valence-corrected chi connectivity index (χ0v) is 19.0. The quantitative estimate of drug-likeness (QED) is 0.374. The number of nitrogens with one attached hydrogen (secondary N) is 1. The van der Waals surface area contributed by atoms with Gasteiger partial charge in [-0.2, -0.15) is 5.01 Å². The van der Waals surface area contributed by atoms with E-state index in [4.69, 9.17) is 31.5 Å². The fourth-order valence-electron chi connectivity index (χ4n) is 2.73. The molecule has 10 nitrogen and oxygen atoms in total. The highest BCUT2D eigenvalue weighted by atomic mass is 32.2. The average Bonchev–Trinajstić information content (AvgIpc) is 3.05. The number of ether oxygens (including phenoxy) is 3. The lowest BCUT2D eigenvalue weighted by Gasteiger charge is -2.16. The minimum Gasteiger partial charge on any atom is -0.504 e. The number of thioether (sulfide) groups is 1. The third-order valence-electron chi connectivity index (χ3n) is 4.29. The van der Waals surface area contributed by atoms with E-state index in [0.29, 0.717) is 5.56 Å². The number of rotatable bonds is 8. The van der Waals surface area contributed by atoms with Crippen LogP contribution < -0.4 is 19.6 Å². The molecule has 0 aliphatic carbocycles. The van der Waals surface area contributed by atoms with Gasteiger partial charge in [-0.1, -0.05) is 17.8 Å². The number of carbonyl (C=O) groups excluding carboxylic acids is 2. The second-order valence-corrected chi connectivity index (χ2v) is 8.11. The molecule has 0 spiro atoms. The van der Waals surface area contributed by atoms with Crippen LogP contribution in [0.4, 0.5) is 0 Å². The van der Waals surface area contributed by atoms with E-state index in [-0.39, 0.29) is 37.8 Å². The predicted molar refractivity (Wildman–Crippen MR) is 123 cm³/mol. The Morgan fingerprint density at radius 1 is 1.12 bits per heavy atom. The molecule has 0 radical (unpaired) electrons. The number of methoxy groups -OCH3 is 2. The van der Waals surface area contributed by atoms with Gasteiger partial charge in [0.2, 0.25) is 0 Å². The standard InChI is InChI=1S/C21H18N2O8S2/c1-29-15-9-12(4-5-13(15)24)19(27)22-23-20(28)17(33-21(23)32)8-11-3-6-14(16(7-11)30-2)31-10-18(25)26/h3-9,24H,10H2,1-2H3,(H,22,27)(H,25,26)/b17-8-. The first kappa shape index (κ1) is 23.9. The Morgan fingerprint density at radius 2 is 1.85 bits per heavy atom. The van der Waals surface area contributed by atoms with Gasteiger partial charge < -0.3 is 24.4 Å². The molecule has 1 saturated heterocycles. The Kier molecular flexibility index (Phi) is 7.41. The number of aliphatic carboxylic acids is 1. The van der Waals surface area contributed by atoms with E-state index in [1.165, 1.54) is 38.5 Å². The van der Waals surface area contributed by atoms with Crippen LogP contribution >= 0.6 is 24.0 Å². The molecule has 2 aromatic rings. The van der Waals surface area contributed by atoms with Gasteiger partial charge in [-0.15, -0.1) is 0 Å². The number of hydrazine groups is 1. The van der Waals surface area contributed by atoms with Crippen molar-refractivity contribution < 1.29 is 38.8 Å². The first-order valence-electron chi connectivity index (χ1n) is 9.22. The van der Waals surface area contributed by atoms with Crippen LogP contribution in [-0.2, 0) is 9.59 Å². The Morgan fingerprint density at radius 3 is 2.52 bits per heavy atom. The number of benzene rings is 2. The Balaban J connectivity index is 1.76. The van der Waals surface area contributed by atoms with Crippen LogP contribution in [0, 0.1) is 0 Å². The molecule has 1 fully saturated rings. The maximum Gasteiger partial charge on any atom is 0.341 e.